The first kappa shape index (κ1) is 16.4. The summed E-state index contributed by atoms with van der Waals surface area (Å²) < 4.78 is 1.64. The van der Waals surface area contributed by atoms with Crippen LogP contribution in [0.15, 0.2) is 36.5 Å². The van der Waals surface area contributed by atoms with Gasteiger partial charge < -0.3 is 5.32 Å². The van der Waals surface area contributed by atoms with E-state index in [2.05, 4.69) is 15.4 Å². The quantitative estimate of drug-likeness (QED) is 0.739. The topological polar surface area (TPSA) is 59.3 Å². The highest BCUT2D eigenvalue weighted by Crippen LogP contribution is 2.27. The van der Waals surface area contributed by atoms with Crippen molar-refractivity contribution < 1.29 is 4.79 Å². The molecule has 0 bridgehead atoms. The smallest absolute Gasteiger partial charge is 0.272 e. The predicted molar refractivity (Wildman–Crippen MR) is 98.2 cm³/mol. The van der Waals surface area contributed by atoms with Gasteiger partial charge in [-0.3, -0.25) is 4.79 Å². The van der Waals surface area contributed by atoms with Gasteiger partial charge in [0.2, 0.25) is 0 Å². The Kier molecular flexibility index (Phi) is 4.36. The SMILES string of the molecule is O=C(NC1CCCC1)c1cc2nccc(-c3cc(Cl)cc(Cl)c3)n2n1. The first-order valence-electron chi connectivity index (χ1n) is 8.22. The van der Waals surface area contributed by atoms with Gasteiger partial charge in [0.25, 0.3) is 5.91 Å². The van der Waals surface area contributed by atoms with E-state index in [4.69, 9.17) is 23.2 Å². The van der Waals surface area contributed by atoms with Crippen molar-refractivity contribution in [3.63, 3.8) is 0 Å². The van der Waals surface area contributed by atoms with E-state index in [9.17, 15) is 4.79 Å². The molecule has 1 fully saturated rings. The fourth-order valence-corrected chi connectivity index (χ4v) is 3.78. The third-order valence-corrected chi connectivity index (χ3v) is 4.88. The van der Waals surface area contributed by atoms with Crippen LogP contribution in [-0.2, 0) is 0 Å². The number of hydrogen-bond acceptors (Lipinski definition) is 3. The van der Waals surface area contributed by atoms with E-state index in [-0.39, 0.29) is 11.9 Å². The predicted octanol–water partition coefficient (Wildman–Crippen LogP) is 4.38. The zero-order valence-corrected chi connectivity index (χ0v) is 14.9. The molecule has 2 aromatic heterocycles. The number of aromatic nitrogens is 3. The third-order valence-electron chi connectivity index (χ3n) is 4.44. The molecule has 1 amide bonds. The molecular weight excluding hydrogens is 359 g/mol. The molecule has 3 aromatic rings. The van der Waals surface area contributed by atoms with Crippen LogP contribution in [0, 0.1) is 0 Å². The van der Waals surface area contributed by atoms with Crippen molar-refractivity contribution in [1.29, 1.82) is 0 Å². The number of nitrogens with zero attached hydrogens (tertiary/aromatic N) is 3. The van der Waals surface area contributed by atoms with E-state index in [1.54, 1.807) is 22.8 Å². The molecule has 1 saturated carbocycles. The maximum atomic E-state index is 12.5. The molecule has 5 nitrogen and oxygen atoms in total. The third kappa shape index (κ3) is 3.34. The highest BCUT2D eigenvalue weighted by molar-refractivity contribution is 6.35. The minimum atomic E-state index is -0.160. The van der Waals surface area contributed by atoms with Crippen molar-refractivity contribution in [2.45, 2.75) is 31.7 Å². The van der Waals surface area contributed by atoms with Crippen molar-refractivity contribution in [3.8, 4) is 11.3 Å². The summed E-state index contributed by atoms with van der Waals surface area (Å²) in [5, 5.41) is 8.58. The van der Waals surface area contributed by atoms with Gasteiger partial charge in [-0.1, -0.05) is 36.0 Å². The van der Waals surface area contributed by atoms with Crippen molar-refractivity contribution in [3.05, 3.63) is 52.3 Å². The summed E-state index contributed by atoms with van der Waals surface area (Å²) >= 11 is 12.2. The van der Waals surface area contributed by atoms with Crippen LogP contribution in [0.25, 0.3) is 16.9 Å². The van der Waals surface area contributed by atoms with Gasteiger partial charge in [0, 0.05) is 33.9 Å². The Hall–Kier alpha value is -2.11. The molecule has 1 aliphatic carbocycles. The minimum Gasteiger partial charge on any atom is -0.348 e. The zero-order chi connectivity index (χ0) is 17.4. The highest BCUT2D eigenvalue weighted by Gasteiger charge is 2.20. The number of halogens is 2. The number of hydrogen-bond donors (Lipinski definition) is 1. The number of rotatable bonds is 3. The summed E-state index contributed by atoms with van der Waals surface area (Å²) in [5.74, 6) is -0.160. The summed E-state index contributed by atoms with van der Waals surface area (Å²) in [6.45, 7) is 0. The normalized spacial score (nSPS) is 15.0. The zero-order valence-electron chi connectivity index (χ0n) is 13.4. The Morgan fingerprint density at radius 1 is 1.12 bits per heavy atom. The van der Waals surface area contributed by atoms with Gasteiger partial charge in [0.1, 0.15) is 0 Å². The van der Waals surface area contributed by atoms with Crippen molar-refractivity contribution in [1.82, 2.24) is 19.9 Å². The van der Waals surface area contributed by atoms with Crippen LogP contribution in [0.5, 0.6) is 0 Å². The second-order valence-electron chi connectivity index (χ2n) is 6.24. The van der Waals surface area contributed by atoms with Crippen LogP contribution in [0.3, 0.4) is 0 Å². The Bertz CT molecular complexity index is 927. The largest absolute Gasteiger partial charge is 0.348 e. The Morgan fingerprint density at radius 2 is 1.84 bits per heavy atom. The highest BCUT2D eigenvalue weighted by atomic mass is 35.5. The fourth-order valence-electron chi connectivity index (χ4n) is 3.26. The summed E-state index contributed by atoms with van der Waals surface area (Å²) in [6, 6.07) is 9.05. The molecule has 25 heavy (non-hydrogen) atoms. The number of nitrogens with one attached hydrogen (secondary N) is 1. The average molecular weight is 375 g/mol. The standard InChI is InChI=1S/C18H16Cl2N4O/c19-12-7-11(8-13(20)9-12)16-5-6-21-17-10-15(23-24(16)17)18(25)22-14-3-1-2-4-14/h5-10,14H,1-4H2,(H,22,25). The minimum absolute atomic E-state index is 0.160. The lowest BCUT2D eigenvalue weighted by Gasteiger charge is -2.09. The van der Waals surface area contributed by atoms with Crippen LogP contribution in [-0.4, -0.2) is 26.5 Å². The Balaban J connectivity index is 1.72. The fraction of sp³-hybridized carbons (Fsp3) is 0.278. The molecule has 0 spiro atoms. The summed E-state index contributed by atoms with van der Waals surface area (Å²) in [7, 11) is 0. The molecule has 0 atom stereocenters. The van der Waals surface area contributed by atoms with E-state index in [0.29, 0.717) is 21.4 Å². The first-order valence-corrected chi connectivity index (χ1v) is 8.98. The Morgan fingerprint density at radius 3 is 2.56 bits per heavy atom. The van der Waals surface area contributed by atoms with Gasteiger partial charge in [-0.25, -0.2) is 9.50 Å². The van der Waals surface area contributed by atoms with E-state index in [0.717, 1.165) is 36.9 Å². The second kappa shape index (κ2) is 6.65. The molecule has 7 heteroatoms. The van der Waals surface area contributed by atoms with Crippen LogP contribution in [0.2, 0.25) is 10.0 Å². The Labute approximate surface area is 155 Å². The lowest BCUT2D eigenvalue weighted by molar-refractivity contribution is 0.0932. The van der Waals surface area contributed by atoms with Gasteiger partial charge in [0.05, 0.1) is 5.69 Å². The van der Waals surface area contributed by atoms with Crippen molar-refractivity contribution >= 4 is 34.8 Å². The van der Waals surface area contributed by atoms with Gasteiger partial charge in [-0.05, 0) is 37.1 Å². The second-order valence-corrected chi connectivity index (χ2v) is 7.12. The lowest BCUT2D eigenvalue weighted by Crippen LogP contribution is -2.32. The van der Waals surface area contributed by atoms with E-state index in [1.807, 2.05) is 18.2 Å². The van der Waals surface area contributed by atoms with Crippen molar-refractivity contribution in [2.24, 2.45) is 0 Å². The summed E-state index contributed by atoms with van der Waals surface area (Å²) in [4.78, 5) is 16.8. The van der Waals surface area contributed by atoms with Crippen LogP contribution in [0.1, 0.15) is 36.2 Å². The van der Waals surface area contributed by atoms with E-state index in [1.165, 1.54) is 0 Å². The monoisotopic (exact) mass is 374 g/mol. The maximum absolute atomic E-state index is 12.5. The molecule has 0 radical (unpaired) electrons. The average Bonchev–Trinajstić information content (AvgIpc) is 3.22. The molecule has 0 saturated heterocycles. The number of benzene rings is 1. The lowest BCUT2D eigenvalue weighted by atomic mass is 10.1. The van der Waals surface area contributed by atoms with E-state index < -0.39 is 0 Å². The van der Waals surface area contributed by atoms with Crippen LogP contribution in [0.4, 0.5) is 0 Å². The first-order chi connectivity index (χ1) is 12.1. The van der Waals surface area contributed by atoms with Gasteiger partial charge in [0.15, 0.2) is 11.3 Å². The molecular formula is C18H16Cl2N4O. The molecule has 1 N–H and O–H groups in total. The van der Waals surface area contributed by atoms with Gasteiger partial charge >= 0.3 is 0 Å². The number of carbonyl (C=O) groups excluding carboxylic acids is 1. The number of amides is 1. The van der Waals surface area contributed by atoms with Crippen LogP contribution >= 0.6 is 23.2 Å². The maximum Gasteiger partial charge on any atom is 0.272 e. The number of fused-ring (bicyclic) bond motifs is 1. The molecule has 4 rings (SSSR count). The van der Waals surface area contributed by atoms with Crippen LogP contribution < -0.4 is 5.32 Å². The molecule has 0 aliphatic heterocycles. The molecule has 1 aromatic carbocycles. The molecule has 128 valence electrons. The van der Waals surface area contributed by atoms with E-state index >= 15 is 0 Å². The molecule has 1 aliphatic rings. The van der Waals surface area contributed by atoms with Crippen molar-refractivity contribution in [2.75, 3.05) is 0 Å². The summed E-state index contributed by atoms with van der Waals surface area (Å²) in [6.07, 6.45) is 6.07. The summed E-state index contributed by atoms with van der Waals surface area (Å²) in [5.41, 5.74) is 2.55. The molecule has 0 unspecified atom stereocenters. The van der Waals surface area contributed by atoms with Gasteiger partial charge in [-0.2, -0.15) is 5.10 Å². The number of carbonyl (C=O) groups is 1. The van der Waals surface area contributed by atoms with Gasteiger partial charge in [-0.15, -0.1) is 0 Å². The molecule has 2 heterocycles.